The molecule has 0 fully saturated rings. The van der Waals surface area contributed by atoms with E-state index >= 15 is 0 Å². The van der Waals surface area contributed by atoms with E-state index in [1.165, 1.54) is 0 Å². The summed E-state index contributed by atoms with van der Waals surface area (Å²) in [5.41, 5.74) is 0. The second-order valence-corrected chi connectivity index (χ2v) is 1.07. The molecule has 0 saturated heterocycles. The van der Waals surface area contributed by atoms with Gasteiger partial charge in [0.15, 0.2) is 0 Å². The van der Waals surface area contributed by atoms with Crippen molar-refractivity contribution in [3.63, 3.8) is 0 Å². The molecule has 52 valence electrons. The van der Waals surface area contributed by atoms with Gasteiger partial charge in [-0.05, 0) is 0 Å². The molecule has 6 nitrogen and oxygen atoms in total. The number of rotatable bonds is 2. The van der Waals surface area contributed by atoms with Crippen LogP contribution < -0.4 is 0 Å². The highest BCUT2D eigenvalue weighted by molar-refractivity contribution is 6.33. The molecule has 0 radical (unpaired) electrons. The van der Waals surface area contributed by atoms with Crippen molar-refractivity contribution >= 4 is 7.32 Å². The zero-order chi connectivity index (χ0) is 7.44. The van der Waals surface area contributed by atoms with Crippen molar-refractivity contribution in [1.29, 1.82) is 0 Å². The zero-order valence-corrected chi connectivity index (χ0v) is 4.22. The molecule has 5 N–H and O–H groups in total. The Balaban J connectivity index is 3.77. The Morgan fingerprint density at radius 1 is 1.11 bits per heavy atom. The van der Waals surface area contributed by atoms with Crippen LogP contribution in [0.15, 0.2) is 11.9 Å². The van der Waals surface area contributed by atoms with E-state index < -0.39 is 19.2 Å². The normalized spacial score (nSPS) is 8.22. The summed E-state index contributed by atoms with van der Waals surface area (Å²) >= 11 is 0. The Morgan fingerprint density at radius 2 is 1.56 bits per heavy atom. The number of aliphatic hydroxyl groups excluding tert-OH is 2. The lowest BCUT2D eigenvalue weighted by Crippen LogP contribution is -2.17. The fourth-order valence-electron chi connectivity index (χ4n) is 0.153. The van der Waals surface area contributed by atoms with E-state index in [-0.39, 0.29) is 0 Å². The summed E-state index contributed by atoms with van der Waals surface area (Å²) in [6.45, 7) is 0. The maximum absolute atomic E-state index is 8.13. The first-order valence-electron chi connectivity index (χ1n) is 1.88. The third-order valence-electron chi connectivity index (χ3n) is 0.408. The summed E-state index contributed by atoms with van der Waals surface area (Å²) in [5.74, 6) is -2.85. The van der Waals surface area contributed by atoms with Crippen LogP contribution in [0.1, 0.15) is 0 Å². The number of aliphatic hydroxyl groups is 3. The molecule has 0 rings (SSSR count). The van der Waals surface area contributed by atoms with Crippen LogP contribution in [0.2, 0.25) is 0 Å². The standard InChI is InChI=1S/C2H5BO6/c4-1(5)2(6)9-3(7)8/h4-8H. The minimum absolute atomic E-state index is 1.34. The average molecular weight is 136 g/mol. The maximum Gasteiger partial charge on any atom is 0.709 e. The minimum Gasteiger partial charge on any atom is -0.480 e. The van der Waals surface area contributed by atoms with Crippen molar-refractivity contribution in [3.05, 3.63) is 11.9 Å². The summed E-state index contributed by atoms with van der Waals surface area (Å²) in [5, 5.41) is 39.7. The third kappa shape index (κ3) is 3.50. The first-order valence-corrected chi connectivity index (χ1v) is 1.88. The Morgan fingerprint density at radius 3 is 1.67 bits per heavy atom. The first-order chi connectivity index (χ1) is 4.04. The first kappa shape index (κ1) is 7.92. The van der Waals surface area contributed by atoms with Gasteiger partial charge in [0.05, 0.1) is 0 Å². The Hall–Kier alpha value is -1.08. The van der Waals surface area contributed by atoms with Crippen LogP contribution in [-0.2, 0) is 4.65 Å². The van der Waals surface area contributed by atoms with Gasteiger partial charge in [-0.1, -0.05) is 0 Å². The monoisotopic (exact) mass is 136 g/mol. The fraction of sp³-hybridized carbons (Fsp3) is 0. The van der Waals surface area contributed by atoms with E-state index in [4.69, 9.17) is 25.4 Å². The van der Waals surface area contributed by atoms with Gasteiger partial charge in [0.1, 0.15) is 0 Å². The van der Waals surface area contributed by atoms with Gasteiger partial charge in [-0.25, -0.2) is 0 Å². The van der Waals surface area contributed by atoms with E-state index in [0.29, 0.717) is 0 Å². The Kier molecular flexibility index (Phi) is 2.69. The lowest BCUT2D eigenvalue weighted by atomic mass is 10.3. The van der Waals surface area contributed by atoms with Crippen LogP contribution in [0.4, 0.5) is 0 Å². The summed E-state index contributed by atoms with van der Waals surface area (Å²) < 4.78 is 3.56. The molecule has 0 aliphatic rings. The van der Waals surface area contributed by atoms with Gasteiger partial charge in [-0.15, -0.1) is 0 Å². The highest BCUT2D eigenvalue weighted by atomic mass is 16.7. The van der Waals surface area contributed by atoms with Crippen molar-refractivity contribution in [1.82, 2.24) is 0 Å². The van der Waals surface area contributed by atoms with E-state index in [2.05, 4.69) is 4.65 Å². The summed E-state index contributed by atoms with van der Waals surface area (Å²) in [7, 11) is -2.26. The zero-order valence-electron chi connectivity index (χ0n) is 4.22. The van der Waals surface area contributed by atoms with Crippen LogP contribution >= 0.6 is 0 Å². The molecule has 0 aromatic carbocycles. The molecule has 0 saturated carbocycles. The Bertz CT molecular complexity index is 114. The van der Waals surface area contributed by atoms with Crippen molar-refractivity contribution < 1.29 is 30.0 Å². The van der Waals surface area contributed by atoms with Gasteiger partial charge in [-0.3, -0.25) is 0 Å². The molecule has 0 aromatic heterocycles. The molecular formula is C2H5BO6. The predicted molar refractivity (Wildman–Crippen MR) is 26.2 cm³/mol. The lowest BCUT2D eigenvalue weighted by Gasteiger charge is -2.00. The average Bonchev–Trinajstić information content (AvgIpc) is 1.63. The van der Waals surface area contributed by atoms with Crippen molar-refractivity contribution in [2.45, 2.75) is 0 Å². The van der Waals surface area contributed by atoms with Crippen molar-refractivity contribution in [2.75, 3.05) is 0 Å². The lowest BCUT2D eigenvalue weighted by molar-refractivity contribution is 0.0730. The van der Waals surface area contributed by atoms with Crippen molar-refractivity contribution in [2.24, 2.45) is 0 Å². The quantitative estimate of drug-likeness (QED) is 0.240. The smallest absolute Gasteiger partial charge is 0.480 e. The largest absolute Gasteiger partial charge is 0.709 e. The molecular weight excluding hydrogens is 131 g/mol. The maximum atomic E-state index is 8.13. The molecule has 0 aromatic rings. The van der Waals surface area contributed by atoms with Gasteiger partial charge in [0.2, 0.25) is 0 Å². The van der Waals surface area contributed by atoms with Crippen LogP contribution in [-0.4, -0.2) is 32.7 Å². The van der Waals surface area contributed by atoms with Gasteiger partial charge in [-0.2, -0.15) is 0 Å². The third-order valence-corrected chi connectivity index (χ3v) is 0.408. The predicted octanol–water partition coefficient (Wildman–Crippen LogP) is -1.23. The van der Waals surface area contributed by atoms with Crippen molar-refractivity contribution in [3.8, 4) is 0 Å². The highest BCUT2D eigenvalue weighted by Gasteiger charge is 2.15. The highest BCUT2D eigenvalue weighted by Crippen LogP contribution is 1.94. The summed E-state index contributed by atoms with van der Waals surface area (Å²) in [6, 6.07) is 0. The van der Waals surface area contributed by atoms with Gasteiger partial charge in [0, 0.05) is 0 Å². The fourth-order valence-corrected chi connectivity index (χ4v) is 0.153. The molecule has 0 bridgehead atoms. The van der Waals surface area contributed by atoms with E-state index in [9.17, 15) is 0 Å². The topological polar surface area (TPSA) is 110 Å². The molecule has 0 amide bonds. The van der Waals surface area contributed by atoms with Crippen LogP contribution in [0.25, 0.3) is 0 Å². The molecule has 0 aliphatic heterocycles. The molecule has 7 heteroatoms. The van der Waals surface area contributed by atoms with E-state index in [1.807, 2.05) is 0 Å². The van der Waals surface area contributed by atoms with E-state index in [0.717, 1.165) is 0 Å². The van der Waals surface area contributed by atoms with Crippen LogP contribution in [0.3, 0.4) is 0 Å². The molecule has 9 heavy (non-hydrogen) atoms. The second kappa shape index (κ2) is 3.05. The molecule has 0 unspecified atom stereocenters. The Labute approximate surface area is 50.4 Å². The molecule has 0 heterocycles. The summed E-state index contributed by atoms with van der Waals surface area (Å²) in [6.07, 6.45) is 0. The number of hydrogen-bond acceptors (Lipinski definition) is 6. The van der Waals surface area contributed by atoms with E-state index in [1.54, 1.807) is 0 Å². The van der Waals surface area contributed by atoms with Gasteiger partial charge < -0.3 is 30.0 Å². The van der Waals surface area contributed by atoms with Gasteiger partial charge >= 0.3 is 19.2 Å². The molecule has 0 atom stereocenters. The molecule has 0 spiro atoms. The minimum atomic E-state index is -2.26. The number of hydrogen-bond donors (Lipinski definition) is 5. The second-order valence-electron chi connectivity index (χ2n) is 1.07. The van der Waals surface area contributed by atoms with Crippen LogP contribution in [0.5, 0.6) is 0 Å². The SMILES string of the molecule is OB(O)OC(O)=C(O)O. The van der Waals surface area contributed by atoms with Gasteiger partial charge in [0.25, 0.3) is 0 Å². The molecule has 0 aliphatic carbocycles. The van der Waals surface area contributed by atoms with Crippen LogP contribution in [0, 0.1) is 0 Å². The summed E-state index contributed by atoms with van der Waals surface area (Å²) in [4.78, 5) is 0.